The van der Waals surface area contributed by atoms with Gasteiger partial charge in [-0.05, 0) is 45.1 Å². The van der Waals surface area contributed by atoms with Gasteiger partial charge in [0.25, 0.3) is 5.91 Å². The Labute approximate surface area is 177 Å². The van der Waals surface area contributed by atoms with E-state index in [-0.39, 0.29) is 11.4 Å². The third kappa shape index (κ3) is 12.7. The van der Waals surface area contributed by atoms with Crippen LogP contribution in [0.2, 0.25) is 0 Å². The topological polar surface area (TPSA) is 113 Å². The highest BCUT2D eigenvalue weighted by Gasteiger charge is 2.18. The molecule has 1 aromatic carbocycles. The maximum absolute atomic E-state index is 13.3. The predicted octanol–water partition coefficient (Wildman–Crippen LogP) is 4.00. The first-order valence-corrected chi connectivity index (χ1v) is 9.76. The average Bonchev–Trinajstić information content (AvgIpc) is 3.16. The summed E-state index contributed by atoms with van der Waals surface area (Å²) in [6.07, 6.45) is 4.00. The minimum absolute atomic E-state index is 0.0140. The van der Waals surface area contributed by atoms with Crippen LogP contribution in [-0.4, -0.2) is 43.0 Å². The fourth-order valence-electron chi connectivity index (χ4n) is 1.39. The van der Waals surface area contributed by atoms with Gasteiger partial charge in [0.2, 0.25) is 0 Å². The summed E-state index contributed by atoms with van der Waals surface area (Å²) >= 11 is 0. The van der Waals surface area contributed by atoms with Crippen molar-refractivity contribution in [1.29, 1.82) is 0 Å². The lowest BCUT2D eigenvalue weighted by atomic mass is 10.2. The molecule has 7 nitrogen and oxygen atoms in total. The number of carbonyl (C=O) groups is 2. The lowest BCUT2D eigenvalue weighted by molar-refractivity contribution is 0.101. The van der Waals surface area contributed by atoms with Crippen molar-refractivity contribution in [2.24, 2.45) is 11.7 Å². The van der Waals surface area contributed by atoms with Gasteiger partial charge >= 0.3 is 0 Å². The quantitative estimate of drug-likeness (QED) is 0.539. The molecule has 0 saturated carbocycles. The van der Waals surface area contributed by atoms with Gasteiger partial charge in [-0.25, -0.2) is 8.78 Å². The summed E-state index contributed by atoms with van der Waals surface area (Å²) in [4.78, 5) is 22.2. The van der Waals surface area contributed by atoms with E-state index in [1.807, 2.05) is 14.1 Å². The number of benzene rings is 1. The molecular formula is C21H35F2N5O2. The number of halogens is 2. The van der Waals surface area contributed by atoms with Crippen molar-refractivity contribution in [2.75, 3.05) is 26.0 Å². The Morgan fingerprint density at radius 2 is 1.70 bits per heavy atom. The first-order chi connectivity index (χ1) is 14.2. The molecule has 0 saturated heterocycles. The number of nitrogens with one attached hydrogen (secondary N) is 3. The molecule has 2 aromatic rings. The van der Waals surface area contributed by atoms with E-state index in [1.54, 1.807) is 0 Å². The number of nitrogens with two attached hydrogens (primary N) is 1. The Balaban J connectivity index is 0. The van der Waals surface area contributed by atoms with Crippen LogP contribution in [0.4, 0.5) is 14.5 Å². The van der Waals surface area contributed by atoms with Crippen LogP contribution in [0.5, 0.6) is 0 Å². The summed E-state index contributed by atoms with van der Waals surface area (Å²) in [5.41, 5.74) is 4.38. The Morgan fingerprint density at radius 1 is 1.23 bits per heavy atom. The van der Waals surface area contributed by atoms with Crippen LogP contribution in [0.3, 0.4) is 0 Å². The van der Waals surface area contributed by atoms with Crippen molar-refractivity contribution in [3.05, 3.63) is 47.3 Å². The second-order valence-electron chi connectivity index (χ2n) is 6.46. The Bertz CT molecular complexity index is 699. The number of amides is 1. The molecule has 2 rings (SSSR count). The number of nitrogens with zero attached hydrogens (tertiary/aromatic N) is 1. The number of H-pyrrole nitrogens is 1. The number of aromatic amines is 1. The van der Waals surface area contributed by atoms with Gasteiger partial charge in [-0.1, -0.05) is 40.2 Å². The Morgan fingerprint density at radius 3 is 2.07 bits per heavy atom. The van der Waals surface area contributed by atoms with Gasteiger partial charge in [0.05, 0.1) is 11.9 Å². The van der Waals surface area contributed by atoms with E-state index in [1.165, 1.54) is 12.6 Å². The van der Waals surface area contributed by atoms with Gasteiger partial charge in [-0.3, -0.25) is 14.7 Å². The third-order valence-electron chi connectivity index (χ3n) is 3.33. The van der Waals surface area contributed by atoms with Gasteiger partial charge in [0.1, 0.15) is 22.9 Å². The summed E-state index contributed by atoms with van der Waals surface area (Å²) in [6.45, 7) is 9.52. The van der Waals surface area contributed by atoms with E-state index in [4.69, 9.17) is 5.73 Å². The van der Waals surface area contributed by atoms with Crippen LogP contribution in [-0.2, 0) is 0 Å². The van der Waals surface area contributed by atoms with Crippen LogP contribution in [0, 0.1) is 17.6 Å². The summed E-state index contributed by atoms with van der Waals surface area (Å²) in [6, 6.07) is 3.08. The number of aldehydes is 1. The summed E-state index contributed by atoms with van der Waals surface area (Å²) in [5, 5.41) is 10.8. The molecular weight excluding hydrogens is 392 g/mol. The van der Waals surface area contributed by atoms with Crippen molar-refractivity contribution < 1.29 is 18.4 Å². The number of aromatic nitrogens is 2. The van der Waals surface area contributed by atoms with Gasteiger partial charge in [-0.15, -0.1) is 0 Å². The molecule has 0 bridgehead atoms. The maximum Gasteiger partial charge on any atom is 0.261 e. The average molecular weight is 428 g/mol. The fraction of sp³-hybridized carbons (Fsp3) is 0.476. The molecule has 1 amide bonds. The van der Waals surface area contributed by atoms with Gasteiger partial charge in [-0.2, -0.15) is 5.10 Å². The van der Waals surface area contributed by atoms with E-state index in [9.17, 15) is 18.4 Å². The first kappa shape index (κ1) is 29.6. The molecule has 0 aliphatic carbocycles. The zero-order chi connectivity index (χ0) is 23.5. The summed E-state index contributed by atoms with van der Waals surface area (Å²) in [7, 11) is 3.75. The van der Waals surface area contributed by atoms with E-state index < -0.39 is 23.1 Å². The predicted molar refractivity (Wildman–Crippen MR) is 118 cm³/mol. The Hall–Kier alpha value is -2.65. The van der Waals surface area contributed by atoms with Crippen LogP contribution in [0.15, 0.2) is 24.4 Å². The number of anilines is 1. The van der Waals surface area contributed by atoms with Crippen molar-refractivity contribution in [1.82, 2.24) is 15.5 Å². The normalized spacial score (nSPS) is 9.27. The highest BCUT2D eigenvalue weighted by molar-refractivity contribution is 6.06. The number of hydrogen-bond donors (Lipinski definition) is 4. The molecule has 1 heterocycles. The molecule has 0 fully saturated rings. The van der Waals surface area contributed by atoms with Crippen LogP contribution in [0.1, 0.15) is 61.4 Å². The van der Waals surface area contributed by atoms with Crippen LogP contribution >= 0.6 is 0 Å². The molecule has 0 aliphatic rings. The zero-order valence-electron chi connectivity index (χ0n) is 18.7. The van der Waals surface area contributed by atoms with Crippen LogP contribution < -0.4 is 16.4 Å². The van der Waals surface area contributed by atoms with Crippen molar-refractivity contribution in [3.63, 3.8) is 0 Å². The van der Waals surface area contributed by atoms with E-state index in [0.29, 0.717) is 6.29 Å². The minimum atomic E-state index is -0.991. The summed E-state index contributed by atoms with van der Waals surface area (Å²) < 4.78 is 26.6. The van der Waals surface area contributed by atoms with E-state index in [0.717, 1.165) is 37.1 Å². The Kier molecular flexibility index (Phi) is 18.1. The molecule has 5 N–H and O–H groups in total. The molecule has 1 aromatic heterocycles. The van der Waals surface area contributed by atoms with E-state index >= 15 is 0 Å². The summed E-state index contributed by atoms with van der Waals surface area (Å²) in [5.74, 6) is -2.07. The second-order valence-corrected chi connectivity index (χ2v) is 6.46. The first-order valence-electron chi connectivity index (χ1n) is 9.76. The number of hydrogen-bond acceptors (Lipinski definition) is 5. The maximum atomic E-state index is 13.3. The number of carbonyl (C=O) groups excluding carboxylic acids is 2. The van der Waals surface area contributed by atoms with Crippen molar-refractivity contribution in [2.45, 2.75) is 40.5 Å². The van der Waals surface area contributed by atoms with Crippen molar-refractivity contribution in [3.8, 4) is 0 Å². The zero-order valence-corrected chi connectivity index (χ0v) is 18.7. The van der Waals surface area contributed by atoms with E-state index in [2.05, 4.69) is 48.5 Å². The largest absolute Gasteiger partial charge is 0.330 e. The lowest BCUT2D eigenvalue weighted by Crippen LogP contribution is -2.16. The monoisotopic (exact) mass is 427 g/mol. The second kappa shape index (κ2) is 18.4. The molecule has 0 atom stereocenters. The number of rotatable bonds is 5. The SMILES string of the molecule is CCC(C)C.CCCN.CNC.O=Cc1[nH]ncc1NC(=O)c1c(F)cccc1F. The minimum Gasteiger partial charge on any atom is -0.330 e. The molecule has 0 unspecified atom stereocenters. The lowest BCUT2D eigenvalue weighted by Gasteiger charge is -2.05. The molecule has 0 aliphatic heterocycles. The third-order valence-corrected chi connectivity index (χ3v) is 3.33. The van der Waals surface area contributed by atoms with Crippen LogP contribution in [0.25, 0.3) is 0 Å². The van der Waals surface area contributed by atoms with Gasteiger partial charge in [0, 0.05) is 0 Å². The molecule has 30 heavy (non-hydrogen) atoms. The fourth-order valence-corrected chi connectivity index (χ4v) is 1.39. The molecule has 0 spiro atoms. The standard InChI is InChI=1S/C11H7F2N3O2.C5H12.C3H9N.C2H7N/c12-6-2-1-3-7(13)10(6)11(18)15-8-4-14-16-9(8)5-17;1-4-5(2)3;1-2-3-4;1-3-2/h1-5H,(H,14,16)(H,15,18);5H,4H2,1-3H3;2-4H2,1H3;3H,1-2H3. The molecule has 9 heteroatoms. The van der Waals surface area contributed by atoms with Gasteiger partial charge in [0.15, 0.2) is 6.29 Å². The van der Waals surface area contributed by atoms with Gasteiger partial charge < -0.3 is 16.4 Å². The smallest absolute Gasteiger partial charge is 0.261 e. The molecule has 0 radical (unpaired) electrons. The highest BCUT2D eigenvalue weighted by atomic mass is 19.1. The highest BCUT2D eigenvalue weighted by Crippen LogP contribution is 2.16. The van der Waals surface area contributed by atoms with Crippen molar-refractivity contribution >= 4 is 17.9 Å². The molecule has 170 valence electrons.